The average molecular weight is 350 g/mol. The lowest BCUT2D eigenvalue weighted by Crippen LogP contribution is -2.37. The van der Waals surface area contributed by atoms with Gasteiger partial charge in [0.25, 0.3) is 0 Å². The van der Waals surface area contributed by atoms with Gasteiger partial charge in [-0.15, -0.1) is 11.3 Å². The van der Waals surface area contributed by atoms with Crippen LogP contribution in [0.5, 0.6) is 5.75 Å². The van der Waals surface area contributed by atoms with Gasteiger partial charge in [0.2, 0.25) is 5.91 Å². The van der Waals surface area contributed by atoms with Gasteiger partial charge in [-0.25, -0.2) is 4.39 Å². The van der Waals surface area contributed by atoms with E-state index >= 15 is 0 Å². The lowest BCUT2D eigenvalue weighted by molar-refractivity contribution is -0.131. The molecule has 0 spiro atoms. The van der Waals surface area contributed by atoms with Gasteiger partial charge >= 0.3 is 0 Å². The number of thiophene rings is 1. The number of likely N-dealkylation sites (N-methyl/N-ethyl adjacent to an activating group) is 2. The highest BCUT2D eigenvalue weighted by atomic mass is 32.1. The summed E-state index contributed by atoms with van der Waals surface area (Å²) in [5.41, 5.74) is 0.741. The van der Waals surface area contributed by atoms with Crippen LogP contribution >= 0.6 is 11.3 Å². The van der Waals surface area contributed by atoms with E-state index in [1.807, 2.05) is 18.4 Å². The maximum absolute atomic E-state index is 13.7. The highest BCUT2D eigenvalue weighted by Gasteiger charge is 2.15. The van der Waals surface area contributed by atoms with Crippen LogP contribution in [0.4, 0.5) is 4.39 Å². The summed E-state index contributed by atoms with van der Waals surface area (Å²) >= 11 is 1.69. The first-order valence-corrected chi connectivity index (χ1v) is 8.72. The zero-order valence-corrected chi connectivity index (χ0v) is 15.1. The van der Waals surface area contributed by atoms with Gasteiger partial charge in [-0.2, -0.15) is 0 Å². The Bertz CT molecular complexity index is 661. The third-order valence-corrected chi connectivity index (χ3v) is 4.69. The maximum atomic E-state index is 13.7. The number of hydrogen-bond donors (Lipinski definition) is 0. The molecule has 2 rings (SSSR count). The second-order valence-corrected chi connectivity index (χ2v) is 6.63. The second kappa shape index (κ2) is 8.80. The van der Waals surface area contributed by atoms with Gasteiger partial charge in [0, 0.05) is 25.0 Å². The van der Waals surface area contributed by atoms with Crippen molar-refractivity contribution in [1.82, 2.24) is 9.80 Å². The number of benzene rings is 1. The minimum Gasteiger partial charge on any atom is -0.494 e. The molecule has 0 N–H and O–H groups in total. The van der Waals surface area contributed by atoms with E-state index in [4.69, 9.17) is 4.74 Å². The Morgan fingerprint density at radius 3 is 2.67 bits per heavy atom. The van der Waals surface area contributed by atoms with E-state index in [1.165, 1.54) is 18.1 Å². The van der Waals surface area contributed by atoms with Gasteiger partial charge in [0.05, 0.1) is 13.7 Å². The molecule has 4 nitrogen and oxygen atoms in total. The van der Waals surface area contributed by atoms with Gasteiger partial charge in [-0.1, -0.05) is 19.1 Å². The minimum atomic E-state index is -0.413. The molecule has 0 fully saturated rings. The van der Waals surface area contributed by atoms with Crippen molar-refractivity contribution < 1.29 is 13.9 Å². The molecule has 1 aromatic heterocycles. The number of amides is 1. The number of nitrogens with zero attached hydrogens (tertiary/aromatic N) is 2. The minimum absolute atomic E-state index is 0.0182. The molecule has 1 amide bonds. The summed E-state index contributed by atoms with van der Waals surface area (Å²) in [4.78, 5) is 17.4. The number of rotatable bonds is 8. The second-order valence-electron chi connectivity index (χ2n) is 5.60. The molecule has 0 aliphatic heterocycles. The Morgan fingerprint density at radius 1 is 1.29 bits per heavy atom. The standard InChI is InChI=1S/C18H23FN2O2S/c1-4-21(12-15-6-5-9-24-15)13-18(22)20(2)11-14-7-8-17(23-3)16(19)10-14/h5-10H,4,11-13H2,1-3H3. The van der Waals surface area contributed by atoms with E-state index in [0.29, 0.717) is 13.1 Å². The van der Waals surface area contributed by atoms with Gasteiger partial charge in [0.1, 0.15) is 0 Å². The zero-order valence-electron chi connectivity index (χ0n) is 14.3. The van der Waals surface area contributed by atoms with E-state index in [0.717, 1.165) is 18.7 Å². The predicted molar refractivity (Wildman–Crippen MR) is 94.7 cm³/mol. The van der Waals surface area contributed by atoms with E-state index < -0.39 is 5.82 Å². The van der Waals surface area contributed by atoms with Crippen molar-refractivity contribution >= 4 is 17.2 Å². The summed E-state index contributed by atoms with van der Waals surface area (Å²) in [6, 6.07) is 8.85. The fraction of sp³-hybridized carbons (Fsp3) is 0.389. The van der Waals surface area contributed by atoms with E-state index in [1.54, 1.807) is 35.4 Å². The fourth-order valence-electron chi connectivity index (χ4n) is 2.38. The maximum Gasteiger partial charge on any atom is 0.236 e. The quantitative estimate of drug-likeness (QED) is 0.732. The molecule has 1 heterocycles. The first kappa shape index (κ1) is 18.4. The van der Waals surface area contributed by atoms with Crippen LogP contribution in [0.25, 0.3) is 0 Å². The molecule has 0 aliphatic rings. The smallest absolute Gasteiger partial charge is 0.236 e. The Hall–Kier alpha value is -1.92. The average Bonchev–Trinajstić information content (AvgIpc) is 3.07. The summed E-state index contributed by atoms with van der Waals surface area (Å²) in [6.45, 7) is 4.33. The van der Waals surface area contributed by atoms with Gasteiger partial charge < -0.3 is 9.64 Å². The van der Waals surface area contributed by atoms with Crippen LogP contribution < -0.4 is 4.74 Å². The molecule has 0 unspecified atom stereocenters. The number of ether oxygens (including phenoxy) is 1. The van der Waals surface area contributed by atoms with Gasteiger partial charge in [0.15, 0.2) is 11.6 Å². The summed E-state index contributed by atoms with van der Waals surface area (Å²) in [6.07, 6.45) is 0. The molecule has 6 heteroatoms. The summed E-state index contributed by atoms with van der Waals surface area (Å²) in [5.74, 6) is -0.186. The molecule has 0 aliphatic carbocycles. The number of carbonyl (C=O) groups is 1. The zero-order chi connectivity index (χ0) is 17.5. The molecular weight excluding hydrogens is 327 g/mol. The highest BCUT2D eigenvalue weighted by molar-refractivity contribution is 7.09. The number of halogens is 1. The Kier molecular flexibility index (Phi) is 6.75. The Balaban J connectivity index is 1.92. The third kappa shape index (κ3) is 5.04. The topological polar surface area (TPSA) is 32.8 Å². The van der Waals surface area contributed by atoms with Crippen LogP contribution in [0.2, 0.25) is 0 Å². The number of methoxy groups -OCH3 is 1. The van der Waals surface area contributed by atoms with E-state index in [-0.39, 0.29) is 11.7 Å². The van der Waals surface area contributed by atoms with Crippen molar-refractivity contribution in [2.45, 2.75) is 20.0 Å². The first-order chi connectivity index (χ1) is 11.5. The molecule has 0 atom stereocenters. The lowest BCUT2D eigenvalue weighted by Gasteiger charge is -2.23. The molecule has 0 bridgehead atoms. The number of carbonyl (C=O) groups excluding carboxylic acids is 1. The van der Waals surface area contributed by atoms with E-state index in [9.17, 15) is 9.18 Å². The van der Waals surface area contributed by atoms with Crippen LogP contribution in [0, 0.1) is 5.82 Å². The van der Waals surface area contributed by atoms with Crippen LogP contribution in [0.3, 0.4) is 0 Å². The van der Waals surface area contributed by atoms with Crippen molar-refractivity contribution in [3.05, 3.63) is 52.0 Å². The Morgan fingerprint density at radius 2 is 2.08 bits per heavy atom. The van der Waals surface area contributed by atoms with Gasteiger partial charge in [-0.3, -0.25) is 9.69 Å². The van der Waals surface area contributed by atoms with Crippen molar-refractivity contribution in [2.24, 2.45) is 0 Å². The van der Waals surface area contributed by atoms with Crippen molar-refractivity contribution in [1.29, 1.82) is 0 Å². The first-order valence-electron chi connectivity index (χ1n) is 7.84. The summed E-state index contributed by atoms with van der Waals surface area (Å²) < 4.78 is 18.7. The monoisotopic (exact) mass is 350 g/mol. The van der Waals surface area contributed by atoms with Crippen LogP contribution in [-0.4, -0.2) is 43.0 Å². The predicted octanol–water partition coefficient (Wildman–Crippen LogP) is 3.38. The normalized spacial score (nSPS) is 10.9. The summed E-state index contributed by atoms with van der Waals surface area (Å²) in [7, 11) is 3.17. The third-order valence-electron chi connectivity index (χ3n) is 3.83. The largest absolute Gasteiger partial charge is 0.494 e. The molecule has 0 saturated heterocycles. The molecule has 0 radical (unpaired) electrons. The molecule has 0 saturated carbocycles. The Labute approximate surface area is 146 Å². The summed E-state index contributed by atoms with van der Waals surface area (Å²) in [5, 5.41) is 2.04. The van der Waals surface area contributed by atoms with Crippen molar-refractivity contribution in [3.63, 3.8) is 0 Å². The number of hydrogen-bond acceptors (Lipinski definition) is 4. The van der Waals surface area contributed by atoms with Crippen molar-refractivity contribution in [2.75, 3.05) is 27.2 Å². The fourth-order valence-corrected chi connectivity index (χ4v) is 3.13. The molecule has 24 heavy (non-hydrogen) atoms. The van der Waals surface area contributed by atoms with Crippen LogP contribution in [-0.2, 0) is 17.9 Å². The lowest BCUT2D eigenvalue weighted by atomic mass is 10.2. The molecular formula is C18H23FN2O2S. The van der Waals surface area contributed by atoms with Crippen molar-refractivity contribution in [3.8, 4) is 5.75 Å². The van der Waals surface area contributed by atoms with Gasteiger partial charge in [-0.05, 0) is 35.7 Å². The van der Waals surface area contributed by atoms with Crippen LogP contribution in [0.15, 0.2) is 35.7 Å². The van der Waals surface area contributed by atoms with E-state index in [2.05, 4.69) is 11.0 Å². The highest BCUT2D eigenvalue weighted by Crippen LogP contribution is 2.18. The molecule has 1 aromatic carbocycles. The molecule has 2 aromatic rings. The SMILES string of the molecule is CCN(CC(=O)N(C)Cc1ccc(OC)c(F)c1)Cc1cccs1. The van der Waals surface area contributed by atoms with Crippen LogP contribution in [0.1, 0.15) is 17.4 Å². The molecule has 130 valence electrons.